The summed E-state index contributed by atoms with van der Waals surface area (Å²) >= 11 is 0. The van der Waals surface area contributed by atoms with E-state index in [1.807, 2.05) is 0 Å². The number of benzene rings is 1. The molecule has 0 radical (unpaired) electrons. The highest BCUT2D eigenvalue weighted by molar-refractivity contribution is 5.68. The van der Waals surface area contributed by atoms with Gasteiger partial charge in [-0.15, -0.1) is 0 Å². The second-order valence-electron chi connectivity index (χ2n) is 3.48. The first kappa shape index (κ1) is 10.9. The number of nitro groups is 1. The SMILES string of the molecule is Cn1ccnc1-c1cc(O)c(O)c([N+](=O)[O-])c1. The van der Waals surface area contributed by atoms with Crippen LogP contribution in [0.2, 0.25) is 0 Å². The van der Waals surface area contributed by atoms with E-state index in [0.29, 0.717) is 11.4 Å². The molecule has 0 aliphatic carbocycles. The summed E-state index contributed by atoms with van der Waals surface area (Å²) in [6.45, 7) is 0. The van der Waals surface area contributed by atoms with Crippen molar-refractivity contribution in [3.8, 4) is 22.9 Å². The molecule has 1 heterocycles. The van der Waals surface area contributed by atoms with Crippen molar-refractivity contribution in [2.45, 2.75) is 0 Å². The summed E-state index contributed by atoms with van der Waals surface area (Å²) in [7, 11) is 1.72. The van der Waals surface area contributed by atoms with Gasteiger partial charge in [0, 0.05) is 31.1 Å². The van der Waals surface area contributed by atoms with Crippen LogP contribution in [-0.4, -0.2) is 24.7 Å². The van der Waals surface area contributed by atoms with Gasteiger partial charge in [-0.1, -0.05) is 0 Å². The molecule has 0 atom stereocenters. The number of aryl methyl sites for hydroxylation is 1. The van der Waals surface area contributed by atoms with Crippen LogP contribution in [0.15, 0.2) is 24.5 Å². The van der Waals surface area contributed by atoms with Crippen LogP contribution in [0.1, 0.15) is 0 Å². The van der Waals surface area contributed by atoms with Gasteiger partial charge in [0.15, 0.2) is 5.75 Å². The molecule has 7 heteroatoms. The minimum absolute atomic E-state index is 0.361. The van der Waals surface area contributed by atoms with Crippen LogP contribution in [0.5, 0.6) is 11.5 Å². The molecule has 2 N–H and O–H groups in total. The van der Waals surface area contributed by atoms with Crippen molar-refractivity contribution in [1.29, 1.82) is 0 Å². The molecule has 0 amide bonds. The zero-order valence-electron chi connectivity index (χ0n) is 8.86. The minimum atomic E-state index is -0.762. The summed E-state index contributed by atoms with van der Waals surface area (Å²) in [5.74, 6) is -0.825. The third-order valence-corrected chi connectivity index (χ3v) is 2.35. The fraction of sp³-hybridized carbons (Fsp3) is 0.100. The Balaban J connectivity index is 2.65. The van der Waals surface area contributed by atoms with Crippen molar-refractivity contribution in [2.24, 2.45) is 7.05 Å². The largest absolute Gasteiger partial charge is 0.504 e. The maximum absolute atomic E-state index is 10.7. The second-order valence-corrected chi connectivity index (χ2v) is 3.48. The number of aromatic nitrogens is 2. The summed E-state index contributed by atoms with van der Waals surface area (Å²) in [6.07, 6.45) is 3.20. The molecule has 0 bridgehead atoms. The maximum Gasteiger partial charge on any atom is 0.315 e. The fourth-order valence-electron chi connectivity index (χ4n) is 1.52. The van der Waals surface area contributed by atoms with Crippen LogP contribution >= 0.6 is 0 Å². The number of nitro benzene ring substituents is 1. The van der Waals surface area contributed by atoms with E-state index in [1.54, 1.807) is 17.8 Å². The molecule has 0 unspecified atom stereocenters. The summed E-state index contributed by atoms with van der Waals surface area (Å²) < 4.78 is 1.65. The van der Waals surface area contributed by atoms with E-state index in [2.05, 4.69) is 4.98 Å². The second kappa shape index (κ2) is 3.78. The number of imidazole rings is 1. The van der Waals surface area contributed by atoms with Gasteiger partial charge in [-0.05, 0) is 6.07 Å². The molecule has 1 aromatic carbocycles. The highest BCUT2D eigenvalue weighted by atomic mass is 16.6. The van der Waals surface area contributed by atoms with E-state index in [0.717, 1.165) is 6.07 Å². The van der Waals surface area contributed by atoms with Gasteiger partial charge >= 0.3 is 5.69 Å². The molecule has 17 heavy (non-hydrogen) atoms. The van der Waals surface area contributed by atoms with Crippen molar-refractivity contribution in [2.75, 3.05) is 0 Å². The van der Waals surface area contributed by atoms with Crippen molar-refractivity contribution in [3.05, 3.63) is 34.6 Å². The molecule has 0 saturated heterocycles. The smallest absolute Gasteiger partial charge is 0.315 e. The number of phenolic OH excluding ortho intramolecular Hbond substituents is 2. The highest BCUT2D eigenvalue weighted by Crippen LogP contribution is 2.38. The number of nitrogens with zero attached hydrogens (tertiary/aromatic N) is 3. The summed E-state index contributed by atoms with van der Waals surface area (Å²) in [5, 5.41) is 29.5. The van der Waals surface area contributed by atoms with E-state index < -0.39 is 22.1 Å². The molecular formula is C10H9N3O4. The van der Waals surface area contributed by atoms with E-state index in [1.165, 1.54) is 12.3 Å². The van der Waals surface area contributed by atoms with E-state index in [-0.39, 0.29) is 0 Å². The van der Waals surface area contributed by atoms with Crippen molar-refractivity contribution in [1.82, 2.24) is 9.55 Å². The third kappa shape index (κ3) is 1.78. The third-order valence-electron chi connectivity index (χ3n) is 2.35. The molecule has 7 nitrogen and oxygen atoms in total. The lowest BCUT2D eigenvalue weighted by Gasteiger charge is -2.04. The molecule has 0 saturated carbocycles. The van der Waals surface area contributed by atoms with E-state index in [9.17, 15) is 20.3 Å². The van der Waals surface area contributed by atoms with Crippen LogP contribution in [0, 0.1) is 10.1 Å². The van der Waals surface area contributed by atoms with Crippen LogP contribution in [-0.2, 0) is 7.05 Å². The Morgan fingerprint density at radius 2 is 2.12 bits per heavy atom. The molecule has 2 rings (SSSR count). The molecular weight excluding hydrogens is 226 g/mol. The topological polar surface area (TPSA) is 101 Å². The van der Waals surface area contributed by atoms with Gasteiger partial charge in [0.25, 0.3) is 0 Å². The van der Waals surface area contributed by atoms with Gasteiger partial charge in [0.05, 0.1) is 4.92 Å². The zero-order valence-corrected chi connectivity index (χ0v) is 8.86. The van der Waals surface area contributed by atoms with Gasteiger partial charge in [-0.2, -0.15) is 0 Å². The first-order valence-electron chi connectivity index (χ1n) is 4.68. The Morgan fingerprint density at radius 1 is 1.41 bits per heavy atom. The molecule has 2 aromatic rings. The Labute approximate surface area is 95.7 Å². The number of hydrogen-bond donors (Lipinski definition) is 2. The zero-order chi connectivity index (χ0) is 12.6. The number of phenols is 2. The summed E-state index contributed by atoms with van der Waals surface area (Å²) in [5.41, 5.74) is -0.192. The lowest BCUT2D eigenvalue weighted by Crippen LogP contribution is -1.94. The normalized spacial score (nSPS) is 10.4. The molecule has 0 aliphatic heterocycles. The van der Waals surface area contributed by atoms with Crippen LogP contribution < -0.4 is 0 Å². The van der Waals surface area contributed by atoms with Gasteiger partial charge in [-0.25, -0.2) is 4.98 Å². The predicted octanol–water partition coefficient (Wildman–Crippen LogP) is 1.41. The number of hydrogen-bond acceptors (Lipinski definition) is 5. The summed E-state index contributed by atoms with van der Waals surface area (Å²) in [4.78, 5) is 13.9. The predicted molar refractivity (Wildman–Crippen MR) is 58.6 cm³/mol. The molecule has 0 fully saturated rings. The Bertz CT molecular complexity index is 591. The molecule has 0 spiro atoms. The molecule has 1 aromatic heterocycles. The van der Waals surface area contributed by atoms with E-state index in [4.69, 9.17) is 0 Å². The summed E-state index contributed by atoms with van der Waals surface area (Å²) in [6, 6.07) is 2.39. The van der Waals surface area contributed by atoms with Gasteiger partial charge in [-0.3, -0.25) is 10.1 Å². The van der Waals surface area contributed by atoms with Gasteiger partial charge in [0.2, 0.25) is 5.75 Å². The van der Waals surface area contributed by atoms with Crippen molar-refractivity contribution >= 4 is 5.69 Å². The first-order valence-corrected chi connectivity index (χ1v) is 4.68. The van der Waals surface area contributed by atoms with E-state index >= 15 is 0 Å². The standard InChI is InChI=1S/C10H9N3O4/c1-12-3-2-11-10(12)6-4-7(13(16)17)9(15)8(14)5-6/h2-5,14-15H,1H3. The lowest BCUT2D eigenvalue weighted by molar-refractivity contribution is -0.385. The first-order chi connectivity index (χ1) is 8.00. The van der Waals surface area contributed by atoms with Crippen molar-refractivity contribution in [3.63, 3.8) is 0 Å². The Morgan fingerprint density at radius 3 is 2.65 bits per heavy atom. The molecule has 0 aliphatic rings. The average molecular weight is 235 g/mol. The number of aromatic hydroxyl groups is 2. The van der Waals surface area contributed by atoms with Crippen molar-refractivity contribution < 1.29 is 15.1 Å². The average Bonchev–Trinajstić information content (AvgIpc) is 2.68. The minimum Gasteiger partial charge on any atom is -0.504 e. The fourth-order valence-corrected chi connectivity index (χ4v) is 1.52. The highest BCUT2D eigenvalue weighted by Gasteiger charge is 2.20. The quantitative estimate of drug-likeness (QED) is 0.465. The lowest BCUT2D eigenvalue weighted by atomic mass is 10.1. The Hall–Kier alpha value is -2.57. The van der Waals surface area contributed by atoms with Crippen LogP contribution in [0.4, 0.5) is 5.69 Å². The van der Waals surface area contributed by atoms with Gasteiger partial charge in [0.1, 0.15) is 5.82 Å². The monoisotopic (exact) mass is 235 g/mol. The maximum atomic E-state index is 10.7. The van der Waals surface area contributed by atoms with Gasteiger partial charge < -0.3 is 14.8 Å². The molecule has 88 valence electrons. The van der Waals surface area contributed by atoms with Crippen LogP contribution in [0.3, 0.4) is 0 Å². The van der Waals surface area contributed by atoms with Crippen LogP contribution in [0.25, 0.3) is 11.4 Å². The Kier molecular flexibility index (Phi) is 2.43. The number of rotatable bonds is 2.